The van der Waals surface area contributed by atoms with Crippen molar-refractivity contribution in [3.05, 3.63) is 34.9 Å². The highest BCUT2D eigenvalue weighted by molar-refractivity contribution is 5.28. The summed E-state index contributed by atoms with van der Waals surface area (Å²) in [5, 5.41) is 3.40. The molecule has 1 N–H and O–H groups in total. The Morgan fingerprint density at radius 2 is 1.67 bits per heavy atom. The molecule has 0 radical (unpaired) electrons. The standard InChI is InChI=1S/C18H27F2N/c1-3-21-18(14-9-7-5-4-6-8-10-14)15-12-11-13(2)16(19)17(15)20/h11-12,14,18,21H,3-10H2,1-2H3. The van der Waals surface area contributed by atoms with Crippen molar-refractivity contribution in [3.8, 4) is 0 Å². The molecule has 2 rings (SSSR count). The minimum atomic E-state index is -0.693. The van der Waals surface area contributed by atoms with E-state index in [1.807, 2.05) is 6.92 Å². The molecule has 1 aromatic rings. The predicted octanol–water partition coefficient (Wildman–Crippen LogP) is 5.28. The van der Waals surface area contributed by atoms with Gasteiger partial charge in [0.1, 0.15) is 0 Å². The molecular weight excluding hydrogens is 268 g/mol. The van der Waals surface area contributed by atoms with Gasteiger partial charge >= 0.3 is 0 Å². The quantitative estimate of drug-likeness (QED) is 0.796. The van der Waals surface area contributed by atoms with Crippen LogP contribution in [0.4, 0.5) is 8.78 Å². The molecule has 0 heterocycles. The number of hydrogen-bond acceptors (Lipinski definition) is 1. The average molecular weight is 295 g/mol. The number of halogens is 2. The molecule has 1 aliphatic carbocycles. The van der Waals surface area contributed by atoms with Crippen LogP contribution >= 0.6 is 0 Å². The molecule has 0 spiro atoms. The monoisotopic (exact) mass is 295 g/mol. The highest BCUT2D eigenvalue weighted by Crippen LogP contribution is 2.35. The Kier molecular flexibility index (Phi) is 6.16. The lowest BCUT2D eigenvalue weighted by Gasteiger charge is -2.30. The summed E-state index contributed by atoms with van der Waals surface area (Å²) in [4.78, 5) is 0. The van der Waals surface area contributed by atoms with Crippen molar-refractivity contribution in [3.63, 3.8) is 0 Å². The minimum absolute atomic E-state index is 0.0665. The third-order valence-corrected chi connectivity index (χ3v) is 4.69. The van der Waals surface area contributed by atoms with E-state index < -0.39 is 11.6 Å². The number of hydrogen-bond donors (Lipinski definition) is 1. The van der Waals surface area contributed by atoms with E-state index in [0.29, 0.717) is 17.0 Å². The molecule has 1 nitrogen and oxygen atoms in total. The SMILES string of the molecule is CCNC(c1ccc(C)c(F)c1F)C1CCCCCCC1. The van der Waals surface area contributed by atoms with Crippen LogP contribution in [0.1, 0.15) is 69.0 Å². The van der Waals surface area contributed by atoms with Crippen molar-refractivity contribution in [2.45, 2.75) is 64.8 Å². The zero-order chi connectivity index (χ0) is 15.2. The summed E-state index contributed by atoms with van der Waals surface area (Å²) in [7, 11) is 0. The van der Waals surface area contributed by atoms with Gasteiger partial charge in [0.15, 0.2) is 11.6 Å². The fourth-order valence-electron chi connectivity index (χ4n) is 3.47. The summed E-state index contributed by atoms with van der Waals surface area (Å²) in [6, 6.07) is 3.39. The molecule has 0 amide bonds. The van der Waals surface area contributed by atoms with Gasteiger partial charge in [-0.05, 0) is 37.8 Å². The zero-order valence-corrected chi connectivity index (χ0v) is 13.2. The van der Waals surface area contributed by atoms with Crippen LogP contribution in [0.25, 0.3) is 0 Å². The van der Waals surface area contributed by atoms with Gasteiger partial charge < -0.3 is 5.32 Å². The van der Waals surface area contributed by atoms with Gasteiger partial charge in [-0.1, -0.05) is 51.2 Å². The van der Waals surface area contributed by atoms with E-state index in [2.05, 4.69) is 5.32 Å². The normalized spacial score (nSPS) is 19.0. The van der Waals surface area contributed by atoms with Crippen molar-refractivity contribution in [1.29, 1.82) is 0 Å². The van der Waals surface area contributed by atoms with E-state index in [1.165, 1.54) is 32.1 Å². The van der Waals surface area contributed by atoms with Crippen molar-refractivity contribution in [1.82, 2.24) is 5.32 Å². The first-order valence-electron chi connectivity index (χ1n) is 8.33. The average Bonchev–Trinajstić information content (AvgIpc) is 2.43. The predicted molar refractivity (Wildman–Crippen MR) is 83.3 cm³/mol. The molecule has 0 aromatic heterocycles. The number of nitrogens with one attached hydrogen (secondary N) is 1. The molecule has 0 saturated heterocycles. The molecule has 1 aromatic carbocycles. The van der Waals surface area contributed by atoms with Crippen LogP contribution in [0.5, 0.6) is 0 Å². The topological polar surface area (TPSA) is 12.0 Å². The van der Waals surface area contributed by atoms with Crippen LogP contribution in [0.3, 0.4) is 0 Å². The molecule has 1 saturated carbocycles. The van der Waals surface area contributed by atoms with E-state index in [9.17, 15) is 8.78 Å². The van der Waals surface area contributed by atoms with Crippen LogP contribution < -0.4 is 5.32 Å². The van der Waals surface area contributed by atoms with Gasteiger partial charge in [-0.25, -0.2) is 8.78 Å². The molecule has 1 unspecified atom stereocenters. The Hall–Kier alpha value is -0.960. The van der Waals surface area contributed by atoms with Crippen molar-refractivity contribution >= 4 is 0 Å². The third-order valence-electron chi connectivity index (χ3n) is 4.69. The van der Waals surface area contributed by atoms with Crippen LogP contribution in [0.2, 0.25) is 0 Å². The first-order chi connectivity index (χ1) is 10.1. The molecule has 118 valence electrons. The van der Waals surface area contributed by atoms with Gasteiger partial charge in [0.25, 0.3) is 0 Å². The van der Waals surface area contributed by atoms with E-state index in [1.54, 1.807) is 19.1 Å². The minimum Gasteiger partial charge on any atom is -0.310 e. The summed E-state index contributed by atoms with van der Waals surface area (Å²) >= 11 is 0. The van der Waals surface area contributed by atoms with E-state index in [4.69, 9.17) is 0 Å². The second-order valence-electron chi connectivity index (χ2n) is 6.24. The third kappa shape index (κ3) is 4.03. The maximum atomic E-state index is 14.4. The summed E-state index contributed by atoms with van der Waals surface area (Å²) < 4.78 is 28.3. The maximum absolute atomic E-state index is 14.4. The van der Waals surface area contributed by atoms with E-state index >= 15 is 0 Å². The maximum Gasteiger partial charge on any atom is 0.163 e. The Morgan fingerprint density at radius 3 is 2.29 bits per heavy atom. The Balaban J connectivity index is 2.26. The molecule has 3 heteroatoms. The van der Waals surface area contributed by atoms with Gasteiger partial charge in [-0.15, -0.1) is 0 Å². The highest BCUT2D eigenvalue weighted by atomic mass is 19.2. The largest absolute Gasteiger partial charge is 0.310 e. The highest BCUT2D eigenvalue weighted by Gasteiger charge is 2.26. The fourth-order valence-corrected chi connectivity index (χ4v) is 3.47. The van der Waals surface area contributed by atoms with Gasteiger partial charge in [0.05, 0.1) is 0 Å². The Bertz CT molecular complexity index is 451. The van der Waals surface area contributed by atoms with Gasteiger partial charge in [-0.3, -0.25) is 0 Å². The molecule has 1 atom stereocenters. The van der Waals surface area contributed by atoms with E-state index in [0.717, 1.165) is 19.4 Å². The summed E-state index contributed by atoms with van der Waals surface area (Å²) in [6.07, 6.45) is 8.44. The number of benzene rings is 1. The van der Waals surface area contributed by atoms with Crippen LogP contribution in [0.15, 0.2) is 12.1 Å². The van der Waals surface area contributed by atoms with Crippen LogP contribution in [-0.4, -0.2) is 6.54 Å². The molecule has 0 bridgehead atoms. The molecule has 0 aliphatic heterocycles. The Morgan fingerprint density at radius 1 is 1.05 bits per heavy atom. The second kappa shape index (κ2) is 7.88. The lowest BCUT2D eigenvalue weighted by molar-refractivity contribution is 0.284. The number of aryl methyl sites for hydroxylation is 1. The molecule has 1 aliphatic rings. The molecular formula is C18H27F2N. The Labute approximate surface area is 127 Å². The summed E-state index contributed by atoms with van der Waals surface area (Å²) in [5.74, 6) is -0.953. The summed E-state index contributed by atoms with van der Waals surface area (Å²) in [5.41, 5.74) is 0.884. The van der Waals surface area contributed by atoms with Gasteiger partial charge in [0, 0.05) is 11.6 Å². The van der Waals surface area contributed by atoms with Crippen LogP contribution in [0, 0.1) is 24.5 Å². The van der Waals surface area contributed by atoms with Crippen molar-refractivity contribution in [2.75, 3.05) is 6.54 Å². The zero-order valence-electron chi connectivity index (χ0n) is 13.2. The van der Waals surface area contributed by atoms with Gasteiger partial charge in [-0.2, -0.15) is 0 Å². The first kappa shape index (κ1) is 16.4. The smallest absolute Gasteiger partial charge is 0.163 e. The second-order valence-corrected chi connectivity index (χ2v) is 6.24. The van der Waals surface area contributed by atoms with E-state index in [-0.39, 0.29) is 6.04 Å². The van der Waals surface area contributed by atoms with Crippen molar-refractivity contribution < 1.29 is 8.78 Å². The molecule has 21 heavy (non-hydrogen) atoms. The lowest BCUT2D eigenvalue weighted by atomic mass is 9.82. The molecule has 1 fully saturated rings. The van der Waals surface area contributed by atoms with Gasteiger partial charge in [0.2, 0.25) is 0 Å². The van der Waals surface area contributed by atoms with Crippen LogP contribution in [-0.2, 0) is 0 Å². The first-order valence-corrected chi connectivity index (χ1v) is 8.33. The fraction of sp³-hybridized carbons (Fsp3) is 0.667. The lowest BCUT2D eigenvalue weighted by Crippen LogP contribution is -2.30. The summed E-state index contributed by atoms with van der Waals surface area (Å²) in [6.45, 7) is 4.41. The number of rotatable bonds is 4. The van der Waals surface area contributed by atoms with Crippen molar-refractivity contribution in [2.24, 2.45) is 5.92 Å².